The molecule has 4 rings (SSSR count). The van der Waals surface area contributed by atoms with Crippen LogP contribution in [0.25, 0.3) is 0 Å². The highest BCUT2D eigenvalue weighted by Gasteiger charge is 2.30. The fourth-order valence-corrected chi connectivity index (χ4v) is 4.45. The molecule has 1 aromatic carbocycles. The second-order valence-corrected chi connectivity index (χ2v) is 9.52. The van der Waals surface area contributed by atoms with Crippen molar-refractivity contribution in [2.45, 2.75) is 24.8 Å². The molecule has 1 aliphatic heterocycles. The molecule has 1 aliphatic rings. The van der Waals surface area contributed by atoms with E-state index in [1.165, 1.54) is 0 Å². The van der Waals surface area contributed by atoms with Gasteiger partial charge in [-0.2, -0.15) is 0 Å². The topological polar surface area (TPSA) is 92.3 Å². The SMILES string of the molecule is Cc1ccnc(Cc2cc(Nc3ccccc3S(C)(=O)=O)c3c(n2)CN(C)C3=O)c1. The van der Waals surface area contributed by atoms with Crippen molar-refractivity contribution in [1.82, 2.24) is 14.9 Å². The lowest BCUT2D eigenvalue weighted by Crippen LogP contribution is -2.18. The molecule has 2 aromatic heterocycles. The molecule has 0 saturated heterocycles. The zero-order chi connectivity index (χ0) is 21.5. The van der Waals surface area contributed by atoms with Crippen LogP contribution in [0.5, 0.6) is 0 Å². The zero-order valence-electron chi connectivity index (χ0n) is 17.0. The minimum atomic E-state index is -3.44. The molecule has 0 radical (unpaired) electrons. The summed E-state index contributed by atoms with van der Waals surface area (Å²) in [7, 11) is -1.72. The van der Waals surface area contributed by atoms with Crippen LogP contribution in [0.1, 0.15) is 33.0 Å². The van der Waals surface area contributed by atoms with Crippen LogP contribution in [0.2, 0.25) is 0 Å². The number of rotatable bonds is 5. The molecule has 0 spiro atoms. The van der Waals surface area contributed by atoms with Gasteiger partial charge in [0, 0.05) is 37.3 Å². The molecule has 0 fully saturated rings. The Balaban J connectivity index is 1.80. The van der Waals surface area contributed by atoms with E-state index in [1.807, 2.05) is 19.1 Å². The van der Waals surface area contributed by atoms with E-state index < -0.39 is 9.84 Å². The monoisotopic (exact) mass is 422 g/mol. The van der Waals surface area contributed by atoms with E-state index in [0.717, 1.165) is 23.2 Å². The Hall–Kier alpha value is -3.26. The van der Waals surface area contributed by atoms with Crippen LogP contribution < -0.4 is 5.32 Å². The summed E-state index contributed by atoms with van der Waals surface area (Å²) < 4.78 is 24.4. The number of amides is 1. The van der Waals surface area contributed by atoms with Crippen LogP contribution in [0, 0.1) is 6.92 Å². The molecule has 3 aromatic rings. The maximum atomic E-state index is 12.7. The van der Waals surface area contributed by atoms with E-state index >= 15 is 0 Å². The molecule has 1 amide bonds. The lowest BCUT2D eigenvalue weighted by Gasteiger charge is -2.15. The van der Waals surface area contributed by atoms with Crippen molar-refractivity contribution < 1.29 is 13.2 Å². The van der Waals surface area contributed by atoms with Crippen molar-refractivity contribution in [1.29, 1.82) is 0 Å². The van der Waals surface area contributed by atoms with Gasteiger partial charge in [0.1, 0.15) is 0 Å². The molecule has 1 N–H and O–H groups in total. The number of fused-ring (bicyclic) bond motifs is 1. The molecule has 8 heteroatoms. The third kappa shape index (κ3) is 3.91. The lowest BCUT2D eigenvalue weighted by molar-refractivity contribution is 0.0817. The molecule has 3 heterocycles. The number of benzene rings is 1. The van der Waals surface area contributed by atoms with Gasteiger partial charge in [-0.1, -0.05) is 12.1 Å². The number of carbonyl (C=O) groups excluding carboxylic acids is 1. The number of hydrogen-bond acceptors (Lipinski definition) is 6. The Morgan fingerprint density at radius 1 is 1.10 bits per heavy atom. The first-order valence-electron chi connectivity index (χ1n) is 9.48. The summed E-state index contributed by atoms with van der Waals surface area (Å²) in [6.07, 6.45) is 3.43. The molecule has 0 unspecified atom stereocenters. The smallest absolute Gasteiger partial charge is 0.257 e. The molecule has 154 valence electrons. The molecule has 0 saturated carbocycles. The number of anilines is 2. The maximum absolute atomic E-state index is 12.7. The minimum absolute atomic E-state index is 0.142. The quantitative estimate of drug-likeness (QED) is 0.679. The van der Waals surface area contributed by atoms with Crippen LogP contribution in [0.4, 0.5) is 11.4 Å². The molecular formula is C22H22N4O3S. The van der Waals surface area contributed by atoms with E-state index in [9.17, 15) is 13.2 Å². The van der Waals surface area contributed by atoms with Gasteiger partial charge in [0.2, 0.25) is 0 Å². The predicted molar refractivity (Wildman–Crippen MR) is 115 cm³/mol. The van der Waals surface area contributed by atoms with Crippen LogP contribution in [0.15, 0.2) is 53.6 Å². The van der Waals surface area contributed by atoms with Crippen molar-refractivity contribution in [2.75, 3.05) is 18.6 Å². The Labute approximate surface area is 175 Å². The van der Waals surface area contributed by atoms with Crippen LogP contribution in [-0.4, -0.2) is 42.5 Å². The number of hydrogen-bond donors (Lipinski definition) is 1. The van der Waals surface area contributed by atoms with Crippen molar-refractivity contribution >= 4 is 27.1 Å². The molecule has 7 nitrogen and oxygen atoms in total. The summed E-state index contributed by atoms with van der Waals surface area (Å²) in [4.78, 5) is 23.6. The average molecular weight is 423 g/mol. The van der Waals surface area contributed by atoms with Crippen molar-refractivity contribution in [3.8, 4) is 0 Å². The van der Waals surface area contributed by atoms with Gasteiger partial charge in [-0.15, -0.1) is 0 Å². The summed E-state index contributed by atoms with van der Waals surface area (Å²) in [6.45, 7) is 2.41. The van der Waals surface area contributed by atoms with Crippen LogP contribution in [0.3, 0.4) is 0 Å². The number of aromatic nitrogens is 2. The Kier molecular flexibility index (Phi) is 5.03. The number of nitrogens with zero attached hydrogens (tertiary/aromatic N) is 3. The summed E-state index contributed by atoms with van der Waals surface area (Å²) >= 11 is 0. The number of para-hydroxylation sites is 1. The first-order valence-corrected chi connectivity index (χ1v) is 11.4. The summed E-state index contributed by atoms with van der Waals surface area (Å²) in [6, 6.07) is 12.4. The number of aryl methyl sites for hydroxylation is 1. The summed E-state index contributed by atoms with van der Waals surface area (Å²) in [5, 5.41) is 3.18. The number of sulfone groups is 1. The Bertz CT molecular complexity index is 1250. The normalized spacial score (nSPS) is 13.4. The van der Waals surface area contributed by atoms with Gasteiger partial charge in [-0.3, -0.25) is 14.8 Å². The second-order valence-electron chi connectivity index (χ2n) is 7.54. The van der Waals surface area contributed by atoms with Gasteiger partial charge in [0.05, 0.1) is 34.1 Å². The highest BCUT2D eigenvalue weighted by molar-refractivity contribution is 7.90. The Morgan fingerprint density at radius 2 is 1.87 bits per heavy atom. The number of pyridine rings is 2. The first-order chi connectivity index (χ1) is 14.2. The van der Waals surface area contributed by atoms with E-state index in [1.54, 1.807) is 48.5 Å². The van der Waals surface area contributed by atoms with Gasteiger partial charge < -0.3 is 10.2 Å². The van der Waals surface area contributed by atoms with Crippen molar-refractivity contribution in [3.63, 3.8) is 0 Å². The standard InChI is InChI=1S/C22H22N4O3S/c1-14-8-9-23-15(10-14)11-16-12-18(21-19(24-16)13-26(2)22(21)27)25-17-6-4-5-7-20(17)30(3,28)29/h4-10,12H,11,13H2,1-3H3,(H,24,25). The third-order valence-electron chi connectivity index (χ3n) is 4.99. The van der Waals surface area contributed by atoms with Gasteiger partial charge in [-0.05, 0) is 42.8 Å². The van der Waals surface area contributed by atoms with Gasteiger partial charge in [0.25, 0.3) is 5.91 Å². The van der Waals surface area contributed by atoms with Crippen molar-refractivity contribution in [3.05, 3.63) is 76.9 Å². The van der Waals surface area contributed by atoms with Crippen LogP contribution in [-0.2, 0) is 22.8 Å². The fraction of sp³-hybridized carbons (Fsp3) is 0.227. The highest BCUT2D eigenvalue weighted by atomic mass is 32.2. The van der Waals surface area contributed by atoms with E-state index in [2.05, 4.69) is 10.3 Å². The second kappa shape index (κ2) is 7.53. The van der Waals surface area contributed by atoms with Gasteiger partial charge >= 0.3 is 0 Å². The third-order valence-corrected chi connectivity index (χ3v) is 6.14. The molecule has 0 atom stereocenters. The average Bonchev–Trinajstić information content (AvgIpc) is 2.95. The predicted octanol–water partition coefficient (Wildman–Crippen LogP) is 3.11. The maximum Gasteiger partial charge on any atom is 0.257 e. The first kappa shape index (κ1) is 20.0. The van der Waals surface area contributed by atoms with E-state index in [4.69, 9.17) is 4.98 Å². The lowest BCUT2D eigenvalue weighted by atomic mass is 10.1. The summed E-state index contributed by atoms with van der Waals surface area (Å²) in [5.41, 5.74) is 4.87. The fourth-order valence-electron chi connectivity index (χ4n) is 3.60. The molecular weight excluding hydrogens is 400 g/mol. The number of nitrogens with one attached hydrogen (secondary N) is 1. The largest absolute Gasteiger partial charge is 0.354 e. The molecule has 30 heavy (non-hydrogen) atoms. The zero-order valence-corrected chi connectivity index (χ0v) is 17.8. The molecule has 0 bridgehead atoms. The van der Waals surface area contributed by atoms with Crippen molar-refractivity contribution in [2.24, 2.45) is 0 Å². The van der Waals surface area contributed by atoms with E-state index in [-0.39, 0.29) is 10.8 Å². The highest BCUT2D eigenvalue weighted by Crippen LogP contribution is 2.33. The summed E-state index contributed by atoms with van der Waals surface area (Å²) in [5.74, 6) is -0.142. The molecule has 0 aliphatic carbocycles. The minimum Gasteiger partial charge on any atom is -0.354 e. The van der Waals surface area contributed by atoms with Gasteiger partial charge in [0.15, 0.2) is 9.84 Å². The van der Waals surface area contributed by atoms with Gasteiger partial charge in [-0.25, -0.2) is 8.42 Å². The van der Waals surface area contributed by atoms with Crippen LogP contribution >= 0.6 is 0 Å². The number of carbonyl (C=O) groups is 1. The van der Waals surface area contributed by atoms with E-state index in [0.29, 0.717) is 35.6 Å². The Morgan fingerprint density at radius 3 is 2.60 bits per heavy atom.